The molecule has 0 spiro atoms. The number of piperazine rings is 1. The summed E-state index contributed by atoms with van der Waals surface area (Å²) in [6, 6.07) is 9.63. The number of fused-ring (bicyclic) bond motifs is 1. The molecule has 1 aliphatic heterocycles. The van der Waals surface area contributed by atoms with E-state index in [2.05, 4.69) is 16.9 Å². The highest BCUT2D eigenvalue weighted by molar-refractivity contribution is 5.85. The molecule has 21 heavy (non-hydrogen) atoms. The summed E-state index contributed by atoms with van der Waals surface area (Å²) in [6.07, 6.45) is 1.73. The first kappa shape index (κ1) is 13.8. The van der Waals surface area contributed by atoms with Crippen LogP contribution < -0.4 is 4.74 Å². The number of rotatable bonds is 3. The number of aromatic nitrogens is 1. The molecule has 1 fully saturated rings. The van der Waals surface area contributed by atoms with Gasteiger partial charge in [-0.25, -0.2) is 0 Å². The first-order chi connectivity index (χ1) is 10.2. The Kier molecular flexibility index (Phi) is 4.01. The number of hydrogen-bond acceptors (Lipinski definition) is 4. The summed E-state index contributed by atoms with van der Waals surface area (Å²) in [4.78, 5) is 20.6. The van der Waals surface area contributed by atoms with Crippen LogP contribution in [0.4, 0.5) is 0 Å². The minimum absolute atomic E-state index is 0.0380. The van der Waals surface area contributed by atoms with Crippen molar-refractivity contribution in [2.75, 3.05) is 39.8 Å². The van der Waals surface area contributed by atoms with Crippen molar-refractivity contribution in [1.29, 1.82) is 0 Å². The van der Waals surface area contributed by atoms with E-state index in [1.54, 1.807) is 6.20 Å². The molecule has 1 aromatic heterocycles. The zero-order chi connectivity index (χ0) is 14.7. The number of benzene rings is 1. The average Bonchev–Trinajstić information content (AvgIpc) is 2.53. The van der Waals surface area contributed by atoms with Gasteiger partial charge in [0.1, 0.15) is 11.3 Å². The minimum atomic E-state index is 0.0380. The third-order valence-electron chi connectivity index (χ3n) is 3.80. The topological polar surface area (TPSA) is 45.7 Å². The summed E-state index contributed by atoms with van der Waals surface area (Å²) in [5.41, 5.74) is 0.797. The number of carbonyl (C=O) groups excluding carboxylic acids is 1. The van der Waals surface area contributed by atoms with E-state index in [9.17, 15) is 4.79 Å². The van der Waals surface area contributed by atoms with Crippen LogP contribution in [0.1, 0.15) is 0 Å². The van der Waals surface area contributed by atoms with Gasteiger partial charge in [0.25, 0.3) is 5.91 Å². The van der Waals surface area contributed by atoms with Gasteiger partial charge in [-0.3, -0.25) is 9.78 Å². The molecular weight excluding hydrogens is 266 g/mol. The van der Waals surface area contributed by atoms with E-state index >= 15 is 0 Å². The van der Waals surface area contributed by atoms with Crippen LogP contribution in [0.3, 0.4) is 0 Å². The summed E-state index contributed by atoms with van der Waals surface area (Å²) in [5.74, 6) is 0.701. The second-order valence-corrected chi connectivity index (χ2v) is 5.30. The van der Waals surface area contributed by atoms with Gasteiger partial charge in [-0.2, -0.15) is 0 Å². The fourth-order valence-electron chi connectivity index (χ4n) is 2.48. The molecule has 0 radical (unpaired) electrons. The highest BCUT2D eigenvalue weighted by Gasteiger charge is 2.19. The third kappa shape index (κ3) is 3.13. The zero-order valence-corrected chi connectivity index (χ0v) is 12.2. The van der Waals surface area contributed by atoms with Gasteiger partial charge in [0.2, 0.25) is 0 Å². The van der Waals surface area contributed by atoms with Crippen molar-refractivity contribution in [3.8, 4) is 5.75 Å². The SMILES string of the molecule is CN1CCN(C(=O)COc2cccc3cccnc23)CC1. The van der Waals surface area contributed by atoms with E-state index in [0.29, 0.717) is 5.75 Å². The lowest BCUT2D eigenvalue weighted by molar-refractivity contribution is -0.134. The van der Waals surface area contributed by atoms with E-state index in [1.807, 2.05) is 35.2 Å². The Hall–Kier alpha value is -2.14. The van der Waals surface area contributed by atoms with Crippen molar-refractivity contribution >= 4 is 16.8 Å². The zero-order valence-electron chi connectivity index (χ0n) is 12.2. The predicted molar refractivity (Wildman–Crippen MR) is 81.3 cm³/mol. The molecule has 1 amide bonds. The Morgan fingerprint density at radius 3 is 2.76 bits per heavy atom. The van der Waals surface area contributed by atoms with Crippen LogP contribution in [0.15, 0.2) is 36.5 Å². The monoisotopic (exact) mass is 285 g/mol. The number of pyridine rings is 1. The van der Waals surface area contributed by atoms with Gasteiger partial charge in [-0.05, 0) is 19.2 Å². The molecule has 2 heterocycles. The second-order valence-electron chi connectivity index (χ2n) is 5.30. The van der Waals surface area contributed by atoms with Crippen LogP contribution in [-0.2, 0) is 4.79 Å². The Bertz CT molecular complexity index is 631. The third-order valence-corrected chi connectivity index (χ3v) is 3.80. The van der Waals surface area contributed by atoms with Gasteiger partial charge in [0.15, 0.2) is 6.61 Å². The summed E-state index contributed by atoms with van der Waals surface area (Å²) in [5, 5.41) is 1.02. The highest BCUT2D eigenvalue weighted by Crippen LogP contribution is 2.22. The summed E-state index contributed by atoms with van der Waals surface area (Å²) >= 11 is 0. The first-order valence-corrected chi connectivity index (χ1v) is 7.17. The summed E-state index contributed by atoms with van der Waals surface area (Å²) < 4.78 is 5.69. The standard InChI is InChI=1S/C16H19N3O2/c1-18-8-10-19(11-9-18)15(20)12-21-14-6-2-4-13-5-3-7-17-16(13)14/h2-7H,8-12H2,1H3. The van der Waals surface area contributed by atoms with Crippen molar-refractivity contribution in [3.63, 3.8) is 0 Å². The number of hydrogen-bond donors (Lipinski definition) is 0. The number of amides is 1. The molecule has 2 aromatic rings. The largest absolute Gasteiger partial charge is 0.481 e. The van der Waals surface area contributed by atoms with E-state index in [4.69, 9.17) is 4.74 Å². The van der Waals surface area contributed by atoms with E-state index in [1.165, 1.54) is 0 Å². The molecular formula is C16H19N3O2. The number of nitrogens with zero attached hydrogens (tertiary/aromatic N) is 3. The quantitative estimate of drug-likeness (QED) is 0.855. The van der Waals surface area contributed by atoms with E-state index in [0.717, 1.165) is 37.1 Å². The summed E-state index contributed by atoms with van der Waals surface area (Å²) in [7, 11) is 2.07. The normalized spacial score (nSPS) is 16.1. The molecule has 0 saturated carbocycles. The van der Waals surface area contributed by atoms with Crippen LogP contribution >= 0.6 is 0 Å². The van der Waals surface area contributed by atoms with Crippen molar-refractivity contribution in [3.05, 3.63) is 36.5 Å². The minimum Gasteiger partial charge on any atom is -0.481 e. The first-order valence-electron chi connectivity index (χ1n) is 7.17. The Morgan fingerprint density at radius 2 is 1.95 bits per heavy atom. The van der Waals surface area contributed by atoms with Gasteiger partial charge < -0.3 is 14.5 Å². The summed E-state index contributed by atoms with van der Waals surface area (Å²) in [6.45, 7) is 3.45. The van der Waals surface area contributed by atoms with E-state index < -0.39 is 0 Å². The Balaban J connectivity index is 1.65. The van der Waals surface area contributed by atoms with Crippen LogP contribution in [-0.4, -0.2) is 60.5 Å². The molecule has 5 nitrogen and oxygen atoms in total. The van der Waals surface area contributed by atoms with Gasteiger partial charge >= 0.3 is 0 Å². The maximum absolute atomic E-state index is 12.2. The molecule has 1 aliphatic rings. The average molecular weight is 285 g/mol. The van der Waals surface area contributed by atoms with Gasteiger partial charge in [-0.15, -0.1) is 0 Å². The van der Waals surface area contributed by atoms with E-state index in [-0.39, 0.29) is 12.5 Å². The fourth-order valence-corrected chi connectivity index (χ4v) is 2.48. The molecule has 0 bridgehead atoms. The fraction of sp³-hybridized carbons (Fsp3) is 0.375. The maximum Gasteiger partial charge on any atom is 0.260 e. The molecule has 1 aromatic carbocycles. The van der Waals surface area contributed by atoms with Gasteiger partial charge in [0, 0.05) is 37.8 Å². The molecule has 110 valence electrons. The molecule has 0 aliphatic carbocycles. The molecule has 0 unspecified atom stereocenters. The highest BCUT2D eigenvalue weighted by atomic mass is 16.5. The molecule has 0 atom stereocenters. The number of ether oxygens (including phenoxy) is 1. The van der Waals surface area contributed by atoms with Crippen molar-refractivity contribution in [2.45, 2.75) is 0 Å². The molecule has 3 rings (SSSR count). The molecule has 0 N–H and O–H groups in total. The van der Waals surface area contributed by atoms with Crippen LogP contribution in [0.5, 0.6) is 5.75 Å². The van der Waals surface area contributed by atoms with Crippen molar-refractivity contribution in [2.24, 2.45) is 0 Å². The predicted octanol–water partition coefficient (Wildman–Crippen LogP) is 1.39. The lowest BCUT2D eigenvalue weighted by atomic mass is 10.2. The lowest BCUT2D eigenvalue weighted by Gasteiger charge is -2.32. The van der Waals surface area contributed by atoms with Crippen molar-refractivity contribution < 1.29 is 9.53 Å². The van der Waals surface area contributed by atoms with Gasteiger partial charge in [0.05, 0.1) is 0 Å². The molecule has 5 heteroatoms. The lowest BCUT2D eigenvalue weighted by Crippen LogP contribution is -2.48. The number of likely N-dealkylation sites (N-methyl/N-ethyl adjacent to an activating group) is 1. The van der Waals surface area contributed by atoms with Crippen molar-refractivity contribution in [1.82, 2.24) is 14.8 Å². The number of carbonyl (C=O) groups is 1. The number of para-hydroxylation sites is 1. The molecule has 1 saturated heterocycles. The second kappa shape index (κ2) is 6.10. The smallest absolute Gasteiger partial charge is 0.260 e. The Morgan fingerprint density at radius 1 is 1.19 bits per heavy atom. The Labute approximate surface area is 124 Å². The van der Waals surface area contributed by atoms with Crippen LogP contribution in [0.25, 0.3) is 10.9 Å². The maximum atomic E-state index is 12.2. The van der Waals surface area contributed by atoms with Gasteiger partial charge in [-0.1, -0.05) is 18.2 Å². The van der Waals surface area contributed by atoms with Crippen LogP contribution in [0, 0.1) is 0 Å². The van der Waals surface area contributed by atoms with Crippen LogP contribution in [0.2, 0.25) is 0 Å².